The Morgan fingerprint density at radius 3 is 2.69 bits per heavy atom. The SMILES string of the molecule is C[C@H](NC(=O)CSc1ccc2ccccc2n1)c1cc2ccccc2o1. The van der Waals surface area contributed by atoms with Gasteiger partial charge in [0.15, 0.2) is 0 Å². The average molecular weight is 362 g/mol. The Hall–Kier alpha value is -2.79. The third-order valence-corrected chi connectivity index (χ3v) is 5.10. The predicted octanol–water partition coefficient (Wildman–Crippen LogP) is 4.95. The normalized spacial score (nSPS) is 12.3. The van der Waals surface area contributed by atoms with Crippen LogP contribution in [-0.2, 0) is 4.79 Å². The van der Waals surface area contributed by atoms with Crippen LogP contribution < -0.4 is 5.32 Å². The first kappa shape index (κ1) is 16.7. The summed E-state index contributed by atoms with van der Waals surface area (Å²) in [6.45, 7) is 1.93. The van der Waals surface area contributed by atoms with Crippen LogP contribution in [0.5, 0.6) is 0 Å². The maximum atomic E-state index is 12.3. The number of aromatic nitrogens is 1. The molecule has 0 bridgehead atoms. The van der Waals surface area contributed by atoms with Crippen LogP contribution in [0.1, 0.15) is 18.7 Å². The van der Waals surface area contributed by atoms with Crippen LogP contribution in [0.25, 0.3) is 21.9 Å². The number of amides is 1. The third-order valence-electron chi connectivity index (χ3n) is 4.17. The summed E-state index contributed by atoms with van der Waals surface area (Å²) in [6, 6.07) is 21.6. The van der Waals surface area contributed by atoms with Gasteiger partial charge in [0.05, 0.1) is 22.3 Å². The minimum atomic E-state index is -0.180. The summed E-state index contributed by atoms with van der Waals surface area (Å²) in [7, 11) is 0. The quantitative estimate of drug-likeness (QED) is 0.510. The van der Waals surface area contributed by atoms with Crippen molar-refractivity contribution in [2.24, 2.45) is 0 Å². The van der Waals surface area contributed by atoms with Crippen molar-refractivity contribution in [1.82, 2.24) is 10.3 Å². The van der Waals surface area contributed by atoms with Gasteiger partial charge in [0.25, 0.3) is 0 Å². The Bertz CT molecular complexity index is 1040. The lowest BCUT2D eigenvalue weighted by atomic mass is 10.2. The van der Waals surface area contributed by atoms with Gasteiger partial charge in [-0.05, 0) is 31.2 Å². The van der Waals surface area contributed by atoms with E-state index < -0.39 is 0 Å². The van der Waals surface area contributed by atoms with Crippen molar-refractivity contribution in [1.29, 1.82) is 0 Å². The van der Waals surface area contributed by atoms with Gasteiger partial charge in [-0.15, -0.1) is 0 Å². The second kappa shape index (κ2) is 7.22. The zero-order chi connectivity index (χ0) is 17.9. The van der Waals surface area contributed by atoms with Crippen molar-refractivity contribution in [2.45, 2.75) is 18.0 Å². The molecular weight excluding hydrogens is 344 g/mol. The molecule has 0 aliphatic carbocycles. The van der Waals surface area contributed by atoms with Gasteiger partial charge in [-0.1, -0.05) is 54.2 Å². The van der Waals surface area contributed by atoms with E-state index in [1.54, 1.807) is 0 Å². The smallest absolute Gasteiger partial charge is 0.230 e. The monoisotopic (exact) mass is 362 g/mol. The fraction of sp³-hybridized carbons (Fsp3) is 0.143. The summed E-state index contributed by atoms with van der Waals surface area (Å²) in [5, 5.41) is 5.96. The number of furan rings is 1. The Balaban J connectivity index is 1.38. The van der Waals surface area contributed by atoms with E-state index in [2.05, 4.69) is 10.3 Å². The van der Waals surface area contributed by atoms with Crippen LogP contribution in [0.3, 0.4) is 0 Å². The van der Waals surface area contributed by atoms with Crippen molar-refractivity contribution in [3.63, 3.8) is 0 Å². The topological polar surface area (TPSA) is 55.1 Å². The lowest BCUT2D eigenvalue weighted by Gasteiger charge is -2.11. The molecule has 1 atom stereocenters. The van der Waals surface area contributed by atoms with Crippen LogP contribution in [0.15, 0.2) is 76.2 Å². The molecule has 0 aliphatic heterocycles. The molecule has 4 rings (SSSR count). The van der Waals surface area contributed by atoms with E-state index in [1.807, 2.05) is 73.7 Å². The zero-order valence-electron chi connectivity index (χ0n) is 14.3. The number of nitrogens with one attached hydrogen (secondary N) is 1. The summed E-state index contributed by atoms with van der Waals surface area (Å²) in [6.07, 6.45) is 0. The number of carbonyl (C=O) groups excluding carboxylic acids is 1. The largest absolute Gasteiger partial charge is 0.459 e. The van der Waals surface area contributed by atoms with E-state index in [4.69, 9.17) is 4.42 Å². The molecule has 4 aromatic rings. The molecule has 2 aromatic carbocycles. The molecule has 5 heteroatoms. The van der Waals surface area contributed by atoms with Gasteiger partial charge in [-0.2, -0.15) is 0 Å². The number of rotatable bonds is 5. The summed E-state index contributed by atoms with van der Waals surface area (Å²) < 4.78 is 5.81. The molecule has 1 N–H and O–H groups in total. The Morgan fingerprint density at radius 2 is 1.85 bits per heavy atom. The molecule has 1 amide bonds. The number of carbonyl (C=O) groups is 1. The standard InChI is InChI=1S/C21H18N2O2S/c1-14(19-12-16-7-3-5-9-18(16)25-19)22-20(24)13-26-21-11-10-15-6-2-4-8-17(15)23-21/h2-12,14H,13H2,1H3,(H,22,24)/t14-/m0/s1. The van der Waals surface area contributed by atoms with Gasteiger partial charge in [0, 0.05) is 10.8 Å². The summed E-state index contributed by atoms with van der Waals surface area (Å²) >= 11 is 1.43. The second-order valence-corrected chi connectivity index (χ2v) is 7.10. The molecule has 0 saturated carbocycles. The molecule has 0 saturated heterocycles. The van der Waals surface area contributed by atoms with Crippen molar-refractivity contribution < 1.29 is 9.21 Å². The number of fused-ring (bicyclic) bond motifs is 2. The van der Waals surface area contributed by atoms with Gasteiger partial charge < -0.3 is 9.73 Å². The Kier molecular flexibility index (Phi) is 4.63. The van der Waals surface area contributed by atoms with Crippen LogP contribution in [-0.4, -0.2) is 16.6 Å². The third kappa shape index (κ3) is 3.58. The molecule has 0 radical (unpaired) electrons. The minimum Gasteiger partial charge on any atom is -0.459 e. The van der Waals surface area contributed by atoms with Gasteiger partial charge >= 0.3 is 0 Å². The highest BCUT2D eigenvalue weighted by molar-refractivity contribution is 7.99. The van der Waals surface area contributed by atoms with E-state index in [0.29, 0.717) is 5.75 Å². The van der Waals surface area contributed by atoms with Crippen molar-refractivity contribution in [3.05, 3.63) is 72.5 Å². The van der Waals surface area contributed by atoms with Gasteiger partial charge in [0.2, 0.25) is 5.91 Å². The lowest BCUT2D eigenvalue weighted by Crippen LogP contribution is -2.27. The fourth-order valence-corrected chi connectivity index (χ4v) is 3.53. The highest BCUT2D eigenvalue weighted by Crippen LogP contribution is 2.24. The molecule has 0 unspecified atom stereocenters. The number of hydrogen-bond acceptors (Lipinski definition) is 4. The highest BCUT2D eigenvalue weighted by atomic mass is 32.2. The Labute approximate surface area is 155 Å². The number of pyridine rings is 1. The number of nitrogens with zero attached hydrogens (tertiary/aromatic N) is 1. The van der Waals surface area contributed by atoms with Crippen molar-refractivity contribution >= 4 is 39.5 Å². The molecule has 26 heavy (non-hydrogen) atoms. The molecule has 2 heterocycles. The number of hydrogen-bond donors (Lipinski definition) is 1. The van der Waals surface area contributed by atoms with E-state index in [0.717, 1.165) is 32.7 Å². The maximum Gasteiger partial charge on any atom is 0.230 e. The predicted molar refractivity (Wildman–Crippen MR) is 105 cm³/mol. The highest BCUT2D eigenvalue weighted by Gasteiger charge is 2.14. The molecular formula is C21H18N2O2S. The Morgan fingerprint density at radius 1 is 1.08 bits per heavy atom. The van der Waals surface area contributed by atoms with E-state index >= 15 is 0 Å². The maximum absolute atomic E-state index is 12.3. The fourth-order valence-electron chi connectivity index (χ4n) is 2.84. The minimum absolute atomic E-state index is 0.0436. The second-order valence-electron chi connectivity index (χ2n) is 6.11. The van der Waals surface area contributed by atoms with Crippen LogP contribution in [0.2, 0.25) is 0 Å². The van der Waals surface area contributed by atoms with Gasteiger partial charge in [-0.3, -0.25) is 4.79 Å². The van der Waals surface area contributed by atoms with E-state index in [9.17, 15) is 4.79 Å². The van der Waals surface area contributed by atoms with E-state index in [-0.39, 0.29) is 11.9 Å². The van der Waals surface area contributed by atoms with E-state index in [1.165, 1.54) is 11.8 Å². The van der Waals surface area contributed by atoms with Gasteiger partial charge in [-0.25, -0.2) is 4.98 Å². The number of para-hydroxylation sites is 2. The molecule has 0 fully saturated rings. The van der Waals surface area contributed by atoms with Crippen molar-refractivity contribution in [3.8, 4) is 0 Å². The van der Waals surface area contributed by atoms with Crippen molar-refractivity contribution in [2.75, 3.05) is 5.75 Å². The zero-order valence-corrected chi connectivity index (χ0v) is 15.1. The first-order valence-electron chi connectivity index (χ1n) is 8.45. The van der Waals surface area contributed by atoms with Crippen LogP contribution in [0.4, 0.5) is 0 Å². The first-order chi connectivity index (χ1) is 12.7. The molecule has 0 spiro atoms. The number of benzene rings is 2. The summed E-state index contributed by atoms with van der Waals surface area (Å²) in [5.41, 5.74) is 1.77. The van der Waals surface area contributed by atoms with Crippen LogP contribution >= 0.6 is 11.8 Å². The molecule has 0 aliphatic rings. The summed E-state index contributed by atoms with van der Waals surface area (Å²) in [4.78, 5) is 16.9. The number of thioether (sulfide) groups is 1. The van der Waals surface area contributed by atoms with Gasteiger partial charge in [0.1, 0.15) is 11.3 Å². The first-order valence-corrected chi connectivity index (χ1v) is 9.44. The lowest BCUT2D eigenvalue weighted by molar-refractivity contribution is -0.119. The molecule has 130 valence electrons. The molecule has 4 nitrogen and oxygen atoms in total. The molecule has 2 aromatic heterocycles. The van der Waals surface area contributed by atoms with Crippen LogP contribution in [0, 0.1) is 0 Å². The average Bonchev–Trinajstić information content (AvgIpc) is 3.10. The summed E-state index contributed by atoms with van der Waals surface area (Å²) in [5.74, 6) is 1.03.